The highest BCUT2D eigenvalue weighted by atomic mass is 35.5. The highest BCUT2D eigenvalue weighted by Crippen LogP contribution is 2.33. The molecule has 2 aliphatic heterocycles. The lowest BCUT2D eigenvalue weighted by Gasteiger charge is -2.45. The Morgan fingerprint density at radius 2 is 1.13 bits per heavy atom. The van der Waals surface area contributed by atoms with Gasteiger partial charge in [0.05, 0.1) is 0 Å². The summed E-state index contributed by atoms with van der Waals surface area (Å²) >= 11 is 11.9. The zero-order valence-corrected chi connectivity index (χ0v) is 24.4. The van der Waals surface area contributed by atoms with Crippen molar-refractivity contribution in [2.75, 3.05) is 26.2 Å². The van der Waals surface area contributed by atoms with Gasteiger partial charge >= 0.3 is 0 Å². The summed E-state index contributed by atoms with van der Waals surface area (Å²) in [6.45, 7) is 9.13. The first kappa shape index (κ1) is 28.2. The molecule has 38 heavy (non-hydrogen) atoms. The molecule has 6 rings (SSSR count). The van der Waals surface area contributed by atoms with Gasteiger partial charge in [-0.3, -0.25) is 9.80 Å². The van der Waals surface area contributed by atoms with Gasteiger partial charge in [0.15, 0.2) is 0 Å². The van der Waals surface area contributed by atoms with E-state index < -0.39 is 0 Å². The minimum atomic E-state index is 0.438. The molecule has 2 saturated carbocycles. The van der Waals surface area contributed by atoms with Crippen LogP contribution in [0.4, 0.5) is 0 Å². The van der Waals surface area contributed by atoms with Crippen molar-refractivity contribution < 1.29 is 0 Å². The summed E-state index contributed by atoms with van der Waals surface area (Å²) in [5, 5.41) is 1.67. The Labute approximate surface area is 240 Å². The second-order valence-corrected chi connectivity index (χ2v) is 13.0. The number of rotatable bonds is 6. The molecule has 4 fully saturated rings. The van der Waals surface area contributed by atoms with Crippen LogP contribution in [0.2, 0.25) is 10.0 Å². The molecule has 2 saturated heterocycles. The second kappa shape index (κ2) is 13.3. The summed E-state index contributed by atoms with van der Waals surface area (Å²) in [6, 6.07) is 18.5. The number of halogens is 2. The molecular weight excluding hydrogens is 509 g/mol. The van der Waals surface area contributed by atoms with Gasteiger partial charge in [-0.2, -0.15) is 0 Å². The molecule has 0 spiro atoms. The fourth-order valence-corrected chi connectivity index (χ4v) is 7.00. The molecule has 1 unspecified atom stereocenters. The summed E-state index contributed by atoms with van der Waals surface area (Å²) in [5.74, 6) is 1.67. The standard InChI is InChI=1S/C17H22ClN.C16H23ClN2/c1-13-2-7-17(13)19-10-8-15(9-11-19)12-14-3-5-16(18)6-4-14;17-14-3-1-12(2-4-14)11-13-7-9-19(10-8-13)16-6-5-15(16)18/h3-6,15,17H,1-2,7-12H2;1-4,13,15-16H,5-11,18H2/t;15-,16-/m.1/s1. The molecule has 4 aliphatic rings. The van der Waals surface area contributed by atoms with E-state index in [1.165, 1.54) is 107 Å². The number of nitrogens with two attached hydrogens (primary N) is 1. The van der Waals surface area contributed by atoms with Crippen LogP contribution < -0.4 is 5.73 Å². The first-order chi connectivity index (χ1) is 18.4. The van der Waals surface area contributed by atoms with Crippen molar-refractivity contribution in [3.63, 3.8) is 0 Å². The number of hydrogen-bond donors (Lipinski definition) is 1. The minimum absolute atomic E-state index is 0.438. The number of piperidine rings is 2. The largest absolute Gasteiger partial charge is 0.326 e. The summed E-state index contributed by atoms with van der Waals surface area (Å²) in [5.41, 5.74) is 10.4. The SMILES string of the molecule is C=C1CCC1N1CCC(Cc2ccc(Cl)cc2)CC1.N[C@@H]1CC[C@H]1N1CCC(Cc2ccc(Cl)cc2)CC1. The molecule has 2 N–H and O–H groups in total. The Kier molecular flexibility index (Phi) is 9.89. The van der Waals surface area contributed by atoms with E-state index in [4.69, 9.17) is 28.9 Å². The fraction of sp³-hybridized carbons (Fsp3) is 0.576. The Balaban J connectivity index is 0.000000155. The maximum absolute atomic E-state index is 6.07. The van der Waals surface area contributed by atoms with Crippen molar-refractivity contribution >= 4 is 23.2 Å². The van der Waals surface area contributed by atoms with Gasteiger partial charge in [-0.25, -0.2) is 0 Å². The predicted octanol–water partition coefficient (Wildman–Crippen LogP) is 7.40. The summed E-state index contributed by atoms with van der Waals surface area (Å²) in [7, 11) is 0. The van der Waals surface area contributed by atoms with Crippen LogP contribution in [0.25, 0.3) is 0 Å². The predicted molar refractivity (Wildman–Crippen MR) is 162 cm³/mol. The van der Waals surface area contributed by atoms with Gasteiger partial charge in [0.1, 0.15) is 0 Å². The average molecular weight is 555 g/mol. The third kappa shape index (κ3) is 7.43. The van der Waals surface area contributed by atoms with E-state index in [9.17, 15) is 0 Å². The summed E-state index contributed by atoms with van der Waals surface area (Å²) in [4.78, 5) is 5.26. The molecule has 0 radical (unpaired) electrons. The van der Waals surface area contributed by atoms with E-state index >= 15 is 0 Å². The smallest absolute Gasteiger partial charge is 0.0406 e. The van der Waals surface area contributed by atoms with E-state index in [1.807, 2.05) is 24.3 Å². The van der Waals surface area contributed by atoms with Crippen LogP contribution in [0.3, 0.4) is 0 Å². The van der Waals surface area contributed by atoms with E-state index in [0.29, 0.717) is 18.1 Å². The molecule has 3 nitrogen and oxygen atoms in total. The molecular formula is C33H45Cl2N3. The van der Waals surface area contributed by atoms with Crippen LogP contribution in [0.5, 0.6) is 0 Å². The lowest BCUT2D eigenvalue weighted by atomic mass is 9.82. The molecule has 3 atom stereocenters. The zero-order valence-electron chi connectivity index (χ0n) is 22.8. The van der Waals surface area contributed by atoms with Gasteiger partial charge in [0.25, 0.3) is 0 Å². The molecule has 0 aromatic heterocycles. The molecule has 2 aliphatic carbocycles. The van der Waals surface area contributed by atoms with E-state index in [1.54, 1.807) is 0 Å². The van der Waals surface area contributed by atoms with Crippen LogP contribution in [0.1, 0.15) is 62.5 Å². The first-order valence-corrected chi connectivity index (χ1v) is 15.6. The average Bonchev–Trinajstić information content (AvgIpc) is 2.92. The van der Waals surface area contributed by atoms with Crippen molar-refractivity contribution in [3.8, 4) is 0 Å². The summed E-state index contributed by atoms with van der Waals surface area (Å²) < 4.78 is 0. The number of hydrogen-bond acceptors (Lipinski definition) is 3. The summed E-state index contributed by atoms with van der Waals surface area (Å²) in [6.07, 6.45) is 12.8. The lowest BCUT2D eigenvalue weighted by molar-refractivity contribution is 0.0676. The van der Waals surface area contributed by atoms with Gasteiger partial charge in [-0.15, -0.1) is 0 Å². The third-order valence-corrected chi connectivity index (χ3v) is 10.1. The number of nitrogens with zero attached hydrogens (tertiary/aromatic N) is 2. The maximum atomic E-state index is 6.07. The topological polar surface area (TPSA) is 32.5 Å². The Hall–Kier alpha value is -1.36. The van der Waals surface area contributed by atoms with Crippen LogP contribution in [0, 0.1) is 11.8 Å². The molecule has 0 amide bonds. The lowest BCUT2D eigenvalue weighted by Crippen LogP contribution is -2.56. The van der Waals surface area contributed by atoms with Gasteiger partial charge in [-0.05, 0) is 138 Å². The highest BCUT2D eigenvalue weighted by Gasteiger charge is 2.34. The highest BCUT2D eigenvalue weighted by molar-refractivity contribution is 6.30. The monoisotopic (exact) mass is 553 g/mol. The van der Waals surface area contributed by atoms with E-state index in [-0.39, 0.29) is 0 Å². The van der Waals surface area contributed by atoms with Crippen LogP contribution in [-0.2, 0) is 12.8 Å². The number of benzene rings is 2. The van der Waals surface area contributed by atoms with Crippen molar-refractivity contribution in [1.29, 1.82) is 0 Å². The Bertz CT molecular complexity index is 1020. The maximum Gasteiger partial charge on any atom is 0.0406 e. The zero-order chi connectivity index (χ0) is 26.5. The van der Waals surface area contributed by atoms with Crippen LogP contribution in [0.15, 0.2) is 60.7 Å². The molecule has 2 heterocycles. The Morgan fingerprint density at radius 3 is 1.47 bits per heavy atom. The van der Waals surface area contributed by atoms with E-state index in [0.717, 1.165) is 21.9 Å². The Morgan fingerprint density at radius 1 is 0.658 bits per heavy atom. The van der Waals surface area contributed by atoms with Crippen molar-refractivity contribution in [2.45, 2.75) is 82.3 Å². The van der Waals surface area contributed by atoms with Crippen molar-refractivity contribution in [3.05, 3.63) is 81.9 Å². The van der Waals surface area contributed by atoms with Crippen LogP contribution in [-0.4, -0.2) is 54.1 Å². The van der Waals surface area contributed by atoms with Crippen LogP contribution >= 0.6 is 23.2 Å². The van der Waals surface area contributed by atoms with Gasteiger partial charge in [0.2, 0.25) is 0 Å². The van der Waals surface area contributed by atoms with Gasteiger partial charge < -0.3 is 5.73 Å². The number of likely N-dealkylation sites (tertiary alicyclic amines) is 2. The fourth-order valence-electron chi connectivity index (χ4n) is 6.74. The van der Waals surface area contributed by atoms with Crippen molar-refractivity contribution in [1.82, 2.24) is 9.80 Å². The molecule has 0 bridgehead atoms. The van der Waals surface area contributed by atoms with Gasteiger partial charge in [-0.1, -0.05) is 59.6 Å². The van der Waals surface area contributed by atoms with E-state index in [2.05, 4.69) is 40.6 Å². The molecule has 2 aromatic carbocycles. The van der Waals surface area contributed by atoms with Crippen molar-refractivity contribution in [2.24, 2.45) is 17.6 Å². The first-order valence-electron chi connectivity index (χ1n) is 14.8. The van der Waals surface area contributed by atoms with Gasteiger partial charge in [0, 0.05) is 28.2 Å². The normalized spacial score (nSPS) is 27.2. The second-order valence-electron chi connectivity index (χ2n) is 12.1. The third-order valence-electron chi connectivity index (χ3n) is 9.58. The molecule has 5 heteroatoms. The molecule has 2 aromatic rings. The minimum Gasteiger partial charge on any atom is -0.326 e. The quantitative estimate of drug-likeness (QED) is 0.378. The molecule has 206 valence electrons.